The number of ether oxygens (including phenoxy) is 1. The van der Waals surface area contributed by atoms with E-state index in [4.69, 9.17) is 4.74 Å². The van der Waals surface area contributed by atoms with E-state index in [1.54, 1.807) is 0 Å². The maximum atomic E-state index is 5.56. The average molecular weight is 275 g/mol. The van der Waals surface area contributed by atoms with Crippen LogP contribution in [0.2, 0.25) is 0 Å². The minimum atomic E-state index is 0.284. The molecule has 1 heterocycles. The van der Waals surface area contributed by atoms with Crippen molar-refractivity contribution in [2.75, 3.05) is 26.8 Å². The quantitative estimate of drug-likeness (QED) is 0.829. The maximum Gasteiger partial charge on any atom is 0.0522 e. The van der Waals surface area contributed by atoms with E-state index in [-0.39, 0.29) is 5.54 Å². The molecule has 0 N–H and O–H groups in total. The Labute approximate surface area is 124 Å². The minimum Gasteiger partial charge on any atom is -0.384 e. The Morgan fingerprint density at radius 1 is 1.10 bits per heavy atom. The molecule has 20 heavy (non-hydrogen) atoms. The molecule has 0 bridgehead atoms. The molecular formula is C18H29NO. The molecule has 0 atom stereocenters. The van der Waals surface area contributed by atoms with Crippen LogP contribution in [0.15, 0.2) is 30.3 Å². The van der Waals surface area contributed by atoms with Gasteiger partial charge in [0.05, 0.1) is 6.61 Å². The van der Waals surface area contributed by atoms with Gasteiger partial charge in [0.2, 0.25) is 0 Å². The lowest BCUT2D eigenvalue weighted by Gasteiger charge is -2.46. The van der Waals surface area contributed by atoms with E-state index in [0.717, 1.165) is 13.0 Å². The number of nitrogens with zero attached hydrogens (tertiary/aromatic N) is 1. The van der Waals surface area contributed by atoms with Gasteiger partial charge in [-0.3, -0.25) is 4.90 Å². The van der Waals surface area contributed by atoms with Crippen LogP contribution in [-0.4, -0.2) is 37.2 Å². The highest BCUT2D eigenvalue weighted by Gasteiger charge is 2.37. The molecule has 1 aliphatic heterocycles. The van der Waals surface area contributed by atoms with Gasteiger partial charge < -0.3 is 4.74 Å². The van der Waals surface area contributed by atoms with Crippen molar-refractivity contribution in [3.05, 3.63) is 35.9 Å². The van der Waals surface area contributed by atoms with Crippen LogP contribution in [-0.2, 0) is 11.2 Å². The van der Waals surface area contributed by atoms with Crippen LogP contribution in [0.1, 0.15) is 39.2 Å². The summed E-state index contributed by atoms with van der Waals surface area (Å²) in [5.74, 6) is 0. The molecule has 2 rings (SSSR count). The highest BCUT2D eigenvalue weighted by atomic mass is 16.5. The molecule has 2 heteroatoms. The summed E-state index contributed by atoms with van der Waals surface area (Å²) in [5, 5.41) is 0. The van der Waals surface area contributed by atoms with Gasteiger partial charge in [-0.1, -0.05) is 30.3 Å². The first-order valence-corrected chi connectivity index (χ1v) is 7.73. The first kappa shape index (κ1) is 15.5. The predicted octanol–water partition coefficient (Wildman–Crippen LogP) is 3.76. The molecule has 0 aliphatic carbocycles. The van der Waals surface area contributed by atoms with Crippen LogP contribution in [0.25, 0.3) is 0 Å². The van der Waals surface area contributed by atoms with E-state index in [0.29, 0.717) is 5.41 Å². The van der Waals surface area contributed by atoms with E-state index in [2.05, 4.69) is 56.0 Å². The van der Waals surface area contributed by atoms with Crippen LogP contribution in [0.3, 0.4) is 0 Å². The average Bonchev–Trinajstić information content (AvgIpc) is 2.39. The molecule has 1 saturated heterocycles. The molecule has 0 unspecified atom stereocenters. The van der Waals surface area contributed by atoms with E-state index in [1.807, 2.05) is 7.11 Å². The van der Waals surface area contributed by atoms with Crippen LogP contribution >= 0.6 is 0 Å². The molecule has 0 aromatic heterocycles. The lowest BCUT2D eigenvalue weighted by Crippen LogP contribution is -2.50. The number of likely N-dealkylation sites (tertiary alicyclic amines) is 1. The van der Waals surface area contributed by atoms with Crippen molar-refractivity contribution in [1.82, 2.24) is 4.90 Å². The molecule has 2 nitrogen and oxygen atoms in total. The summed E-state index contributed by atoms with van der Waals surface area (Å²) in [6.07, 6.45) is 3.60. The summed E-state index contributed by atoms with van der Waals surface area (Å²) < 4.78 is 5.56. The van der Waals surface area contributed by atoms with Crippen molar-refractivity contribution in [2.24, 2.45) is 5.41 Å². The molecule has 0 radical (unpaired) electrons. The molecule has 0 spiro atoms. The summed E-state index contributed by atoms with van der Waals surface area (Å²) in [6, 6.07) is 10.9. The summed E-state index contributed by atoms with van der Waals surface area (Å²) in [5.41, 5.74) is 2.04. The maximum absolute atomic E-state index is 5.56. The number of methoxy groups -OCH3 is 1. The number of rotatable bonds is 4. The molecule has 1 aliphatic rings. The second-order valence-electron chi connectivity index (χ2n) is 7.25. The Balaban J connectivity index is 2.05. The van der Waals surface area contributed by atoms with Gasteiger partial charge in [0.1, 0.15) is 0 Å². The lowest BCUT2D eigenvalue weighted by molar-refractivity contribution is -0.00498. The molecule has 1 aromatic rings. The third-order valence-corrected chi connectivity index (χ3v) is 4.65. The van der Waals surface area contributed by atoms with Gasteiger partial charge in [-0.15, -0.1) is 0 Å². The first-order valence-electron chi connectivity index (χ1n) is 7.73. The minimum absolute atomic E-state index is 0.284. The first-order chi connectivity index (χ1) is 9.45. The van der Waals surface area contributed by atoms with Crippen molar-refractivity contribution in [3.63, 3.8) is 0 Å². The summed E-state index contributed by atoms with van der Waals surface area (Å²) in [7, 11) is 1.84. The molecular weight excluding hydrogens is 246 g/mol. The number of piperidine rings is 1. The van der Waals surface area contributed by atoms with Crippen LogP contribution in [0.5, 0.6) is 0 Å². The topological polar surface area (TPSA) is 12.5 Å². The Hall–Kier alpha value is -0.860. The lowest BCUT2D eigenvalue weighted by atomic mass is 9.73. The molecule has 112 valence electrons. The van der Waals surface area contributed by atoms with Crippen molar-refractivity contribution < 1.29 is 4.74 Å². The fourth-order valence-electron chi connectivity index (χ4n) is 3.36. The summed E-state index contributed by atoms with van der Waals surface area (Å²) >= 11 is 0. The Morgan fingerprint density at radius 2 is 1.70 bits per heavy atom. The third kappa shape index (κ3) is 3.83. The normalized spacial score (nSPS) is 20.0. The predicted molar refractivity (Wildman–Crippen MR) is 85.0 cm³/mol. The number of hydrogen-bond donors (Lipinski definition) is 0. The second-order valence-corrected chi connectivity index (χ2v) is 7.25. The zero-order valence-electron chi connectivity index (χ0n) is 13.5. The van der Waals surface area contributed by atoms with Crippen molar-refractivity contribution in [3.8, 4) is 0 Å². The fourth-order valence-corrected chi connectivity index (χ4v) is 3.36. The smallest absolute Gasteiger partial charge is 0.0522 e. The van der Waals surface area contributed by atoms with Crippen LogP contribution in [0.4, 0.5) is 0 Å². The van der Waals surface area contributed by atoms with Gasteiger partial charge in [-0.25, -0.2) is 0 Å². The van der Waals surface area contributed by atoms with Crippen LogP contribution in [0, 0.1) is 5.41 Å². The zero-order valence-corrected chi connectivity index (χ0v) is 13.5. The largest absolute Gasteiger partial charge is 0.384 e. The number of hydrogen-bond acceptors (Lipinski definition) is 2. The van der Waals surface area contributed by atoms with E-state index in [9.17, 15) is 0 Å². The molecule has 1 aromatic carbocycles. The van der Waals surface area contributed by atoms with E-state index < -0.39 is 0 Å². The van der Waals surface area contributed by atoms with E-state index in [1.165, 1.54) is 31.5 Å². The van der Waals surface area contributed by atoms with E-state index >= 15 is 0 Å². The number of benzene rings is 1. The van der Waals surface area contributed by atoms with Crippen LogP contribution < -0.4 is 0 Å². The molecule has 1 fully saturated rings. The van der Waals surface area contributed by atoms with Gasteiger partial charge in [-0.2, -0.15) is 0 Å². The van der Waals surface area contributed by atoms with Gasteiger partial charge >= 0.3 is 0 Å². The standard InChI is InChI=1S/C18H29NO/c1-17(2,3)19-12-10-18(11-13-19,15-20-4)14-16-8-6-5-7-9-16/h5-9H,10-15H2,1-4H3. The Bertz CT molecular complexity index is 399. The fraction of sp³-hybridized carbons (Fsp3) is 0.667. The SMILES string of the molecule is COCC1(Cc2ccccc2)CCN(C(C)(C)C)CC1. The van der Waals surface area contributed by atoms with Gasteiger partial charge in [-0.05, 0) is 58.7 Å². The van der Waals surface area contributed by atoms with Crippen molar-refractivity contribution >= 4 is 0 Å². The highest BCUT2D eigenvalue weighted by Crippen LogP contribution is 2.37. The molecule has 0 amide bonds. The molecule has 0 saturated carbocycles. The van der Waals surface area contributed by atoms with Gasteiger partial charge in [0, 0.05) is 18.1 Å². The second kappa shape index (κ2) is 6.28. The van der Waals surface area contributed by atoms with Gasteiger partial charge in [0.15, 0.2) is 0 Å². The van der Waals surface area contributed by atoms with Crippen molar-refractivity contribution in [1.29, 1.82) is 0 Å². The summed E-state index contributed by atoms with van der Waals surface area (Å²) in [4.78, 5) is 2.60. The Morgan fingerprint density at radius 3 is 2.20 bits per heavy atom. The zero-order chi connectivity index (χ0) is 14.6. The van der Waals surface area contributed by atoms with Gasteiger partial charge in [0.25, 0.3) is 0 Å². The summed E-state index contributed by atoms with van der Waals surface area (Å²) in [6.45, 7) is 10.2. The monoisotopic (exact) mass is 275 g/mol. The van der Waals surface area contributed by atoms with Crippen molar-refractivity contribution in [2.45, 2.75) is 45.6 Å². The Kier molecular flexibility index (Phi) is 4.87. The highest BCUT2D eigenvalue weighted by molar-refractivity contribution is 5.17. The third-order valence-electron chi connectivity index (χ3n) is 4.65.